The molecule has 0 fully saturated rings. The van der Waals surface area contributed by atoms with Gasteiger partial charge in [-0.05, 0) is 55.8 Å². The summed E-state index contributed by atoms with van der Waals surface area (Å²) < 4.78 is 12.9. The minimum Gasteiger partial charge on any atom is -0.352 e. The zero-order chi connectivity index (χ0) is 20.0. The molecule has 27 heavy (non-hydrogen) atoms. The van der Waals surface area contributed by atoms with Crippen LogP contribution in [0.15, 0.2) is 54.6 Å². The van der Waals surface area contributed by atoms with Crippen molar-refractivity contribution >= 4 is 35.0 Å². The molecule has 2 rings (SSSR count). The van der Waals surface area contributed by atoms with Crippen LogP contribution in [0.4, 0.5) is 4.39 Å². The van der Waals surface area contributed by atoms with E-state index in [4.69, 9.17) is 23.2 Å². The molecule has 0 aliphatic carbocycles. The van der Waals surface area contributed by atoms with Crippen molar-refractivity contribution in [2.75, 3.05) is 6.54 Å². The quantitative estimate of drug-likeness (QED) is 0.656. The number of carbonyl (C=O) groups excluding carboxylic acids is 2. The van der Waals surface area contributed by atoms with Crippen molar-refractivity contribution < 1.29 is 14.0 Å². The first-order valence-electron chi connectivity index (χ1n) is 8.25. The van der Waals surface area contributed by atoms with E-state index in [1.165, 1.54) is 30.3 Å². The zero-order valence-corrected chi connectivity index (χ0v) is 16.2. The van der Waals surface area contributed by atoms with Crippen molar-refractivity contribution in [1.82, 2.24) is 10.6 Å². The molecule has 0 radical (unpaired) electrons. The van der Waals surface area contributed by atoms with Gasteiger partial charge in [0.25, 0.3) is 11.8 Å². The van der Waals surface area contributed by atoms with E-state index in [1.807, 2.05) is 0 Å². The Morgan fingerprint density at radius 2 is 1.67 bits per heavy atom. The minimum absolute atomic E-state index is 0.274. The molecule has 2 N–H and O–H groups in total. The molecular formula is C20H19Cl2FN2O2. The van der Waals surface area contributed by atoms with Crippen LogP contribution in [0.3, 0.4) is 0 Å². The van der Waals surface area contributed by atoms with E-state index in [2.05, 4.69) is 17.2 Å². The predicted molar refractivity (Wildman–Crippen MR) is 106 cm³/mol. The van der Waals surface area contributed by atoms with Gasteiger partial charge in [-0.1, -0.05) is 35.4 Å². The maximum atomic E-state index is 12.9. The summed E-state index contributed by atoms with van der Waals surface area (Å²) in [7, 11) is 0. The first-order chi connectivity index (χ1) is 12.8. The Balaban J connectivity index is 1.80. The van der Waals surface area contributed by atoms with Gasteiger partial charge >= 0.3 is 0 Å². The average molecular weight is 409 g/mol. The molecule has 0 aliphatic rings. The second kappa shape index (κ2) is 9.53. The molecule has 142 valence electrons. The van der Waals surface area contributed by atoms with Gasteiger partial charge in [0.2, 0.25) is 0 Å². The molecule has 0 saturated heterocycles. The summed E-state index contributed by atoms with van der Waals surface area (Å²) in [5.41, 5.74) is 1.52. The highest BCUT2D eigenvalue weighted by Crippen LogP contribution is 2.22. The second-order valence-electron chi connectivity index (χ2n) is 6.00. The van der Waals surface area contributed by atoms with Gasteiger partial charge in [-0.15, -0.1) is 0 Å². The monoisotopic (exact) mass is 408 g/mol. The van der Waals surface area contributed by atoms with E-state index in [1.54, 1.807) is 19.1 Å². The molecule has 0 saturated carbocycles. The first-order valence-corrected chi connectivity index (χ1v) is 9.01. The smallest absolute Gasteiger partial charge is 0.251 e. The maximum absolute atomic E-state index is 12.9. The fourth-order valence-corrected chi connectivity index (χ4v) is 2.57. The Bertz CT molecular complexity index is 854. The molecule has 2 aromatic carbocycles. The lowest BCUT2D eigenvalue weighted by Gasteiger charge is -2.17. The largest absolute Gasteiger partial charge is 0.352 e. The summed E-state index contributed by atoms with van der Waals surface area (Å²) in [6, 6.07) is 9.63. The maximum Gasteiger partial charge on any atom is 0.251 e. The SMILES string of the molecule is C=C(CCNC(=O)c1ccc(Cl)c(Cl)c1)C(C)NC(=O)c1ccc(F)cc1. The Hall–Kier alpha value is -2.37. The Morgan fingerprint density at radius 1 is 1.04 bits per heavy atom. The highest BCUT2D eigenvalue weighted by molar-refractivity contribution is 6.42. The molecule has 1 unspecified atom stereocenters. The number of amides is 2. The lowest BCUT2D eigenvalue weighted by atomic mass is 10.1. The number of benzene rings is 2. The number of halogens is 3. The van der Waals surface area contributed by atoms with Gasteiger partial charge in [-0.2, -0.15) is 0 Å². The predicted octanol–water partition coefficient (Wildman–Crippen LogP) is 4.63. The van der Waals surface area contributed by atoms with E-state index in [9.17, 15) is 14.0 Å². The second-order valence-corrected chi connectivity index (χ2v) is 6.81. The summed E-state index contributed by atoms with van der Waals surface area (Å²) in [5, 5.41) is 6.25. The standard InChI is InChI=1S/C20H19Cl2FN2O2/c1-12(13(2)25-20(27)14-3-6-16(23)7-4-14)9-10-24-19(26)15-5-8-17(21)18(22)11-15/h3-8,11,13H,1,9-10H2,2H3,(H,24,26)(H,25,27). The summed E-state index contributed by atoms with van der Waals surface area (Å²) >= 11 is 11.7. The van der Waals surface area contributed by atoms with Crippen LogP contribution in [0.2, 0.25) is 10.0 Å². The molecule has 2 amide bonds. The number of hydrogen-bond donors (Lipinski definition) is 2. The molecule has 0 aliphatic heterocycles. The third-order valence-electron chi connectivity index (χ3n) is 3.98. The van der Waals surface area contributed by atoms with Crippen LogP contribution in [-0.2, 0) is 0 Å². The zero-order valence-electron chi connectivity index (χ0n) is 14.7. The molecular weight excluding hydrogens is 390 g/mol. The van der Waals surface area contributed by atoms with Crippen LogP contribution in [-0.4, -0.2) is 24.4 Å². The number of hydrogen-bond acceptors (Lipinski definition) is 2. The van der Waals surface area contributed by atoms with Crippen molar-refractivity contribution in [3.8, 4) is 0 Å². The van der Waals surface area contributed by atoms with Crippen molar-refractivity contribution in [2.45, 2.75) is 19.4 Å². The topological polar surface area (TPSA) is 58.2 Å². The number of nitrogens with one attached hydrogen (secondary N) is 2. The number of carbonyl (C=O) groups is 2. The van der Waals surface area contributed by atoms with E-state index in [0.29, 0.717) is 34.1 Å². The van der Waals surface area contributed by atoms with E-state index < -0.39 is 5.82 Å². The van der Waals surface area contributed by atoms with Gasteiger partial charge in [0, 0.05) is 23.7 Å². The summed E-state index contributed by atoms with van der Waals surface area (Å²) in [6.07, 6.45) is 0.484. The summed E-state index contributed by atoms with van der Waals surface area (Å²) in [4.78, 5) is 24.2. The van der Waals surface area contributed by atoms with Crippen LogP contribution >= 0.6 is 23.2 Å². The lowest BCUT2D eigenvalue weighted by molar-refractivity contribution is 0.0936. The van der Waals surface area contributed by atoms with E-state index >= 15 is 0 Å². The normalized spacial score (nSPS) is 11.6. The van der Waals surface area contributed by atoms with Crippen molar-refractivity contribution in [3.05, 3.63) is 81.6 Å². The average Bonchev–Trinajstić information content (AvgIpc) is 2.64. The lowest BCUT2D eigenvalue weighted by Crippen LogP contribution is -2.35. The van der Waals surface area contributed by atoms with Crippen LogP contribution < -0.4 is 10.6 Å². The van der Waals surface area contributed by atoms with Gasteiger partial charge in [0.05, 0.1) is 10.0 Å². The molecule has 0 heterocycles. The van der Waals surface area contributed by atoms with Crippen LogP contribution in [0.25, 0.3) is 0 Å². The fourth-order valence-electron chi connectivity index (χ4n) is 2.28. The molecule has 0 aromatic heterocycles. The van der Waals surface area contributed by atoms with E-state index in [-0.39, 0.29) is 17.9 Å². The highest BCUT2D eigenvalue weighted by atomic mass is 35.5. The molecule has 1 atom stereocenters. The van der Waals surface area contributed by atoms with Gasteiger partial charge < -0.3 is 10.6 Å². The van der Waals surface area contributed by atoms with Gasteiger partial charge in [-0.3, -0.25) is 9.59 Å². The first kappa shape index (κ1) is 20.9. The van der Waals surface area contributed by atoms with Crippen molar-refractivity contribution in [3.63, 3.8) is 0 Å². The third-order valence-corrected chi connectivity index (χ3v) is 4.72. The summed E-state index contributed by atoms with van der Waals surface area (Å²) in [5.74, 6) is -0.991. The van der Waals surface area contributed by atoms with E-state index in [0.717, 1.165) is 5.57 Å². The van der Waals surface area contributed by atoms with Crippen molar-refractivity contribution in [2.24, 2.45) is 0 Å². The molecule has 7 heteroatoms. The third kappa shape index (κ3) is 6.08. The Labute approximate surface area is 167 Å². The molecule has 4 nitrogen and oxygen atoms in total. The fraction of sp³-hybridized carbons (Fsp3) is 0.200. The number of rotatable bonds is 7. The minimum atomic E-state index is -0.401. The molecule has 2 aromatic rings. The van der Waals surface area contributed by atoms with Crippen LogP contribution in [0.1, 0.15) is 34.1 Å². The Morgan fingerprint density at radius 3 is 2.30 bits per heavy atom. The Kier molecular flexibility index (Phi) is 7.39. The van der Waals surface area contributed by atoms with Gasteiger partial charge in [0.1, 0.15) is 5.82 Å². The van der Waals surface area contributed by atoms with Crippen LogP contribution in [0.5, 0.6) is 0 Å². The molecule has 0 spiro atoms. The van der Waals surface area contributed by atoms with Gasteiger partial charge in [0.15, 0.2) is 0 Å². The molecule has 0 bridgehead atoms. The highest BCUT2D eigenvalue weighted by Gasteiger charge is 2.13. The van der Waals surface area contributed by atoms with Gasteiger partial charge in [-0.25, -0.2) is 4.39 Å². The van der Waals surface area contributed by atoms with Crippen LogP contribution in [0, 0.1) is 5.82 Å². The van der Waals surface area contributed by atoms with Crippen molar-refractivity contribution in [1.29, 1.82) is 0 Å². The summed E-state index contributed by atoms with van der Waals surface area (Å²) in [6.45, 7) is 6.10.